The van der Waals surface area contributed by atoms with E-state index in [1.54, 1.807) is 38.1 Å². The summed E-state index contributed by atoms with van der Waals surface area (Å²) >= 11 is 0. The summed E-state index contributed by atoms with van der Waals surface area (Å²) in [5.41, 5.74) is -1.81. The van der Waals surface area contributed by atoms with Gasteiger partial charge in [-0.2, -0.15) is 0 Å². The van der Waals surface area contributed by atoms with Gasteiger partial charge in [0.1, 0.15) is 11.8 Å². The number of hydrogen-bond donors (Lipinski definition) is 4. The standard InChI is InChI=1S/C17H24N2O6/c1-10(2)13(15(21)18-9-17(3,24)16(22)23)19-14(20)11-7-5-6-8-12(11)25-4/h5-8,10,13,24H,9H2,1-4H3,(H,18,21)(H,19,20)(H,22,23). The quantitative estimate of drug-likeness (QED) is 0.537. The Morgan fingerprint density at radius 1 is 1.24 bits per heavy atom. The monoisotopic (exact) mass is 352 g/mol. The van der Waals surface area contributed by atoms with Crippen molar-refractivity contribution in [2.75, 3.05) is 13.7 Å². The minimum Gasteiger partial charge on any atom is -0.496 e. The van der Waals surface area contributed by atoms with Crippen LogP contribution in [0.15, 0.2) is 24.3 Å². The van der Waals surface area contributed by atoms with E-state index in [2.05, 4.69) is 10.6 Å². The molecule has 8 heteroatoms. The number of ether oxygens (including phenoxy) is 1. The Kier molecular flexibility index (Phi) is 6.93. The molecule has 1 aromatic rings. The lowest BCUT2D eigenvalue weighted by Crippen LogP contribution is -2.54. The number of carboxylic acids is 1. The molecule has 0 fully saturated rings. The summed E-state index contributed by atoms with van der Waals surface area (Å²) in [5, 5.41) is 23.5. The number of aliphatic carboxylic acids is 1. The molecule has 2 atom stereocenters. The molecule has 2 amide bonds. The zero-order valence-corrected chi connectivity index (χ0v) is 14.7. The first-order chi connectivity index (χ1) is 11.6. The average molecular weight is 352 g/mol. The number of carboxylic acid groups (broad SMARTS) is 1. The van der Waals surface area contributed by atoms with E-state index >= 15 is 0 Å². The van der Waals surface area contributed by atoms with Crippen molar-refractivity contribution in [2.24, 2.45) is 5.92 Å². The SMILES string of the molecule is COc1ccccc1C(=O)NC(C(=O)NCC(C)(O)C(=O)O)C(C)C. The maximum absolute atomic E-state index is 12.4. The van der Waals surface area contributed by atoms with E-state index in [1.807, 2.05) is 0 Å². The number of para-hydroxylation sites is 1. The molecule has 1 rings (SSSR count). The second-order valence-corrected chi connectivity index (χ2v) is 6.19. The van der Waals surface area contributed by atoms with Gasteiger partial charge in [0.25, 0.3) is 5.91 Å². The smallest absolute Gasteiger partial charge is 0.337 e. The van der Waals surface area contributed by atoms with Crippen molar-refractivity contribution in [1.29, 1.82) is 0 Å². The largest absolute Gasteiger partial charge is 0.496 e. The van der Waals surface area contributed by atoms with Crippen LogP contribution in [0, 0.1) is 5.92 Å². The molecule has 0 aliphatic carbocycles. The molecule has 0 aromatic heterocycles. The molecule has 0 aliphatic rings. The second-order valence-electron chi connectivity index (χ2n) is 6.19. The van der Waals surface area contributed by atoms with E-state index in [-0.39, 0.29) is 11.5 Å². The van der Waals surface area contributed by atoms with Crippen LogP contribution < -0.4 is 15.4 Å². The van der Waals surface area contributed by atoms with Gasteiger partial charge in [-0.25, -0.2) is 4.79 Å². The fourth-order valence-corrected chi connectivity index (χ4v) is 2.03. The minimum absolute atomic E-state index is 0.256. The van der Waals surface area contributed by atoms with Gasteiger partial charge in [-0.05, 0) is 25.0 Å². The Hall–Kier alpha value is -2.61. The van der Waals surface area contributed by atoms with Crippen LogP contribution in [0.2, 0.25) is 0 Å². The lowest BCUT2D eigenvalue weighted by molar-refractivity contribution is -0.156. The molecule has 0 spiro atoms. The number of benzene rings is 1. The fourth-order valence-electron chi connectivity index (χ4n) is 2.03. The van der Waals surface area contributed by atoms with Crippen LogP contribution in [0.5, 0.6) is 5.75 Å². The van der Waals surface area contributed by atoms with Crippen LogP contribution in [0.25, 0.3) is 0 Å². The highest BCUT2D eigenvalue weighted by molar-refractivity contribution is 5.99. The van der Waals surface area contributed by atoms with Gasteiger partial charge in [0.05, 0.1) is 19.2 Å². The molecule has 2 unspecified atom stereocenters. The molecule has 138 valence electrons. The summed E-state index contributed by atoms with van der Waals surface area (Å²) in [6, 6.07) is 5.69. The molecule has 0 aliphatic heterocycles. The molecule has 25 heavy (non-hydrogen) atoms. The zero-order chi connectivity index (χ0) is 19.2. The average Bonchev–Trinajstić information content (AvgIpc) is 2.56. The summed E-state index contributed by atoms with van der Waals surface area (Å²) in [7, 11) is 1.44. The van der Waals surface area contributed by atoms with Gasteiger partial charge in [-0.3, -0.25) is 9.59 Å². The first-order valence-electron chi connectivity index (χ1n) is 7.77. The minimum atomic E-state index is -2.09. The van der Waals surface area contributed by atoms with Crippen LogP contribution in [0.4, 0.5) is 0 Å². The summed E-state index contributed by atoms with van der Waals surface area (Å²) in [4.78, 5) is 35.6. The predicted molar refractivity (Wildman–Crippen MR) is 90.4 cm³/mol. The molecule has 1 aromatic carbocycles. The van der Waals surface area contributed by atoms with E-state index in [0.29, 0.717) is 5.75 Å². The predicted octanol–water partition coefficient (Wildman–Crippen LogP) is 0.401. The van der Waals surface area contributed by atoms with E-state index in [0.717, 1.165) is 6.92 Å². The van der Waals surface area contributed by atoms with Gasteiger partial charge < -0.3 is 25.6 Å². The van der Waals surface area contributed by atoms with Crippen molar-refractivity contribution in [1.82, 2.24) is 10.6 Å². The highest BCUT2D eigenvalue weighted by Crippen LogP contribution is 2.17. The number of aliphatic hydroxyl groups is 1. The van der Waals surface area contributed by atoms with Crippen LogP contribution in [0.1, 0.15) is 31.1 Å². The van der Waals surface area contributed by atoms with Gasteiger partial charge in [0, 0.05) is 0 Å². The van der Waals surface area contributed by atoms with Crippen molar-refractivity contribution in [2.45, 2.75) is 32.4 Å². The summed E-state index contributed by atoms with van der Waals surface area (Å²) < 4.78 is 5.13. The van der Waals surface area contributed by atoms with Crippen molar-refractivity contribution < 1.29 is 29.3 Å². The highest BCUT2D eigenvalue weighted by Gasteiger charge is 2.32. The van der Waals surface area contributed by atoms with Crippen LogP contribution in [0.3, 0.4) is 0 Å². The van der Waals surface area contributed by atoms with Gasteiger partial charge >= 0.3 is 5.97 Å². The number of methoxy groups -OCH3 is 1. The van der Waals surface area contributed by atoms with E-state index < -0.39 is 36.0 Å². The molecule has 0 heterocycles. The highest BCUT2D eigenvalue weighted by atomic mass is 16.5. The number of carbonyl (C=O) groups excluding carboxylic acids is 2. The number of carbonyl (C=O) groups is 3. The molecule has 8 nitrogen and oxygen atoms in total. The maximum Gasteiger partial charge on any atom is 0.337 e. The molecular weight excluding hydrogens is 328 g/mol. The Labute approximate surface area is 146 Å². The Morgan fingerprint density at radius 2 is 1.84 bits per heavy atom. The van der Waals surface area contributed by atoms with Crippen LogP contribution in [-0.2, 0) is 9.59 Å². The Morgan fingerprint density at radius 3 is 2.36 bits per heavy atom. The topological polar surface area (TPSA) is 125 Å². The number of amides is 2. The number of nitrogens with one attached hydrogen (secondary N) is 2. The van der Waals surface area contributed by atoms with Gasteiger partial charge in [-0.15, -0.1) is 0 Å². The lowest BCUT2D eigenvalue weighted by atomic mass is 10.0. The third-order valence-corrected chi connectivity index (χ3v) is 3.65. The zero-order valence-electron chi connectivity index (χ0n) is 14.7. The lowest BCUT2D eigenvalue weighted by Gasteiger charge is -2.24. The molecule has 0 saturated carbocycles. The van der Waals surface area contributed by atoms with Crippen molar-refractivity contribution >= 4 is 17.8 Å². The van der Waals surface area contributed by atoms with Crippen molar-refractivity contribution in [3.8, 4) is 5.75 Å². The first kappa shape index (κ1) is 20.4. The van der Waals surface area contributed by atoms with Crippen LogP contribution >= 0.6 is 0 Å². The van der Waals surface area contributed by atoms with Crippen molar-refractivity contribution in [3.63, 3.8) is 0 Å². The van der Waals surface area contributed by atoms with E-state index in [9.17, 15) is 19.5 Å². The molecule has 0 saturated heterocycles. The fraction of sp³-hybridized carbons (Fsp3) is 0.471. The number of rotatable bonds is 8. The molecule has 4 N–H and O–H groups in total. The molecule has 0 bridgehead atoms. The van der Waals surface area contributed by atoms with Gasteiger partial charge in [0.2, 0.25) is 5.91 Å². The summed E-state index contributed by atoms with van der Waals surface area (Å²) in [6.07, 6.45) is 0. The van der Waals surface area contributed by atoms with E-state index in [4.69, 9.17) is 9.84 Å². The molecular formula is C17H24N2O6. The van der Waals surface area contributed by atoms with E-state index in [1.165, 1.54) is 7.11 Å². The Balaban J connectivity index is 2.85. The summed E-state index contributed by atoms with van der Waals surface area (Å²) in [5.74, 6) is -2.41. The number of hydrogen-bond acceptors (Lipinski definition) is 5. The van der Waals surface area contributed by atoms with Gasteiger partial charge in [-0.1, -0.05) is 26.0 Å². The Bertz CT molecular complexity index is 642. The first-order valence-corrected chi connectivity index (χ1v) is 7.77. The summed E-state index contributed by atoms with van der Waals surface area (Å²) in [6.45, 7) is 4.08. The van der Waals surface area contributed by atoms with Crippen molar-refractivity contribution in [3.05, 3.63) is 29.8 Å². The van der Waals surface area contributed by atoms with Crippen LogP contribution in [-0.4, -0.2) is 53.3 Å². The second kappa shape index (κ2) is 8.48. The normalized spacial score (nSPS) is 14.3. The third kappa shape index (κ3) is 5.46. The third-order valence-electron chi connectivity index (χ3n) is 3.65. The van der Waals surface area contributed by atoms with Gasteiger partial charge in [0.15, 0.2) is 5.60 Å². The molecule has 0 radical (unpaired) electrons. The maximum atomic E-state index is 12.4.